The van der Waals surface area contributed by atoms with Gasteiger partial charge in [-0.1, -0.05) is 37.3 Å². The summed E-state index contributed by atoms with van der Waals surface area (Å²) in [4.78, 5) is 44.2. The van der Waals surface area contributed by atoms with Gasteiger partial charge in [-0.3, -0.25) is 14.9 Å². The third-order valence-corrected chi connectivity index (χ3v) is 8.39. The molecule has 3 rings (SSSR count). The van der Waals surface area contributed by atoms with E-state index in [0.717, 1.165) is 57.3 Å². The monoisotopic (exact) mass is 559 g/mol. The van der Waals surface area contributed by atoms with Crippen molar-refractivity contribution in [2.45, 2.75) is 84.7 Å². The van der Waals surface area contributed by atoms with E-state index in [2.05, 4.69) is 32.8 Å². The van der Waals surface area contributed by atoms with Crippen molar-refractivity contribution in [1.82, 2.24) is 20.5 Å². The molecule has 0 spiro atoms. The van der Waals surface area contributed by atoms with Crippen molar-refractivity contribution >= 4 is 34.2 Å². The first-order valence-corrected chi connectivity index (χ1v) is 14.8. The summed E-state index contributed by atoms with van der Waals surface area (Å²) in [6, 6.07) is 6.23. The van der Waals surface area contributed by atoms with Gasteiger partial charge in [-0.15, -0.1) is 0 Å². The molecule has 1 aromatic carbocycles. The number of amides is 3. The molecule has 3 atom stereocenters. The van der Waals surface area contributed by atoms with Gasteiger partial charge in [-0.05, 0) is 82.2 Å². The number of hydrogen-bond donors (Lipinski definition) is 3. The molecule has 8 nitrogen and oxygen atoms in total. The normalized spacial score (nSPS) is 19.1. The van der Waals surface area contributed by atoms with E-state index in [9.17, 15) is 18.8 Å². The van der Waals surface area contributed by atoms with Crippen LogP contribution in [0, 0.1) is 18.7 Å². The summed E-state index contributed by atoms with van der Waals surface area (Å²) in [5.41, 5.74) is 1.73. The smallest absolute Gasteiger partial charge is 0.321 e. The molecule has 2 aromatic rings. The van der Waals surface area contributed by atoms with E-state index in [1.54, 1.807) is 6.92 Å². The lowest BCUT2D eigenvalue weighted by Crippen LogP contribution is -2.53. The molecule has 3 amide bonds. The van der Waals surface area contributed by atoms with Crippen LogP contribution in [-0.2, 0) is 11.2 Å². The fourth-order valence-corrected chi connectivity index (χ4v) is 6.12. The lowest BCUT2D eigenvalue weighted by molar-refractivity contribution is -0.121. The Labute approximate surface area is 235 Å². The second-order valence-corrected chi connectivity index (χ2v) is 11.4. The van der Waals surface area contributed by atoms with E-state index in [0.29, 0.717) is 28.5 Å². The van der Waals surface area contributed by atoms with Gasteiger partial charge in [-0.2, -0.15) is 0 Å². The van der Waals surface area contributed by atoms with Crippen molar-refractivity contribution in [1.29, 1.82) is 0 Å². The summed E-state index contributed by atoms with van der Waals surface area (Å²) in [5, 5.41) is 9.45. The highest BCUT2D eigenvalue weighted by atomic mass is 32.1. The molecule has 1 aliphatic carbocycles. The van der Waals surface area contributed by atoms with Crippen molar-refractivity contribution in [3.05, 3.63) is 46.2 Å². The number of urea groups is 1. The Bertz CT molecular complexity index is 1110. The Morgan fingerprint density at radius 1 is 1.10 bits per heavy atom. The zero-order valence-electron chi connectivity index (χ0n) is 23.5. The molecule has 3 unspecified atom stereocenters. The number of aryl methyl sites for hydroxylation is 2. The number of nitrogens with one attached hydrogen (secondary N) is 3. The van der Waals surface area contributed by atoms with Crippen LogP contribution >= 0.6 is 11.3 Å². The Morgan fingerprint density at radius 3 is 2.49 bits per heavy atom. The first kappa shape index (κ1) is 30.7. The second kappa shape index (κ2) is 15.1. The van der Waals surface area contributed by atoms with Crippen LogP contribution in [0.5, 0.6) is 0 Å². The SMILES string of the molecule is CCCN(CCCc1ccc(F)cc1)CC1CCC(NC(=O)CC)CC1NC(=O)Nc1nc(C)c(C(C)=O)s1. The van der Waals surface area contributed by atoms with Gasteiger partial charge in [0.25, 0.3) is 0 Å². The first-order chi connectivity index (χ1) is 18.7. The zero-order valence-corrected chi connectivity index (χ0v) is 24.3. The van der Waals surface area contributed by atoms with Gasteiger partial charge in [-0.25, -0.2) is 14.2 Å². The second-order valence-electron chi connectivity index (χ2n) is 10.4. The Morgan fingerprint density at radius 2 is 1.85 bits per heavy atom. The Kier molecular flexibility index (Phi) is 11.9. The van der Waals surface area contributed by atoms with Gasteiger partial charge < -0.3 is 15.5 Å². The Balaban J connectivity index is 1.64. The molecule has 1 fully saturated rings. The highest BCUT2D eigenvalue weighted by Gasteiger charge is 2.33. The molecule has 1 aromatic heterocycles. The molecule has 1 saturated carbocycles. The lowest BCUT2D eigenvalue weighted by Gasteiger charge is -2.39. The standard InChI is InChI=1S/C29H42FN5O3S/c1-5-15-35(16-7-8-21-9-12-23(30)13-10-21)18-22-11-14-24(32-26(37)6-2)17-25(22)33-28(38)34-29-31-19(3)27(39-29)20(4)36/h9-10,12-13,22,24-25H,5-8,11,14-18H2,1-4H3,(H,32,37)(H2,31,33,34,38). The predicted molar refractivity (Wildman–Crippen MR) is 154 cm³/mol. The molecule has 1 aliphatic rings. The summed E-state index contributed by atoms with van der Waals surface area (Å²) >= 11 is 1.18. The topological polar surface area (TPSA) is 103 Å². The van der Waals surface area contributed by atoms with E-state index in [1.807, 2.05) is 19.1 Å². The van der Waals surface area contributed by atoms with Crippen LogP contribution in [0.15, 0.2) is 24.3 Å². The summed E-state index contributed by atoms with van der Waals surface area (Å²) < 4.78 is 13.2. The number of Topliss-reactive ketones (excluding diaryl/α,β-unsaturated/α-hetero) is 1. The summed E-state index contributed by atoms with van der Waals surface area (Å²) in [5.74, 6) is -0.0431. The first-order valence-electron chi connectivity index (χ1n) is 14.0. The van der Waals surface area contributed by atoms with E-state index in [4.69, 9.17) is 0 Å². The predicted octanol–water partition coefficient (Wildman–Crippen LogP) is 5.32. The number of benzene rings is 1. The molecule has 10 heteroatoms. The average Bonchev–Trinajstić information content (AvgIpc) is 3.26. The maximum Gasteiger partial charge on any atom is 0.321 e. The van der Waals surface area contributed by atoms with Crippen LogP contribution in [0.3, 0.4) is 0 Å². The number of carbonyl (C=O) groups is 3. The van der Waals surface area contributed by atoms with Crippen molar-refractivity contribution in [3.63, 3.8) is 0 Å². The third-order valence-electron chi connectivity index (χ3n) is 7.22. The Hall–Kier alpha value is -2.85. The molecule has 0 bridgehead atoms. The summed E-state index contributed by atoms with van der Waals surface area (Å²) in [7, 11) is 0. The summed E-state index contributed by atoms with van der Waals surface area (Å²) in [6.45, 7) is 9.98. The maximum atomic E-state index is 13.2. The zero-order chi connectivity index (χ0) is 28.4. The number of nitrogens with zero attached hydrogens (tertiary/aromatic N) is 2. The molecule has 0 aliphatic heterocycles. The number of halogens is 1. The summed E-state index contributed by atoms with van der Waals surface area (Å²) in [6.07, 6.45) is 5.73. The van der Waals surface area contributed by atoms with Crippen LogP contribution in [0.1, 0.15) is 80.2 Å². The fourth-order valence-electron chi connectivity index (χ4n) is 5.27. The van der Waals surface area contributed by atoms with Crippen LogP contribution in [0.2, 0.25) is 0 Å². The van der Waals surface area contributed by atoms with Crippen LogP contribution < -0.4 is 16.0 Å². The number of hydrogen-bond acceptors (Lipinski definition) is 6. The van der Waals surface area contributed by atoms with E-state index in [1.165, 1.54) is 30.4 Å². The van der Waals surface area contributed by atoms with Crippen molar-refractivity contribution < 1.29 is 18.8 Å². The minimum absolute atomic E-state index is 0.0172. The fraction of sp³-hybridized carbons (Fsp3) is 0.586. The van der Waals surface area contributed by atoms with Crippen molar-refractivity contribution in [3.8, 4) is 0 Å². The van der Waals surface area contributed by atoms with Gasteiger partial charge in [0.05, 0.1) is 10.6 Å². The van der Waals surface area contributed by atoms with E-state index < -0.39 is 0 Å². The molecule has 3 N–H and O–H groups in total. The van der Waals surface area contributed by atoms with Crippen LogP contribution in [0.25, 0.3) is 0 Å². The number of aromatic nitrogens is 1. The molecule has 39 heavy (non-hydrogen) atoms. The molecular formula is C29H42FN5O3S. The number of ketones is 1. The van der Waals surface area contributed by atoms with Gasteiger partial charge in [0.15, 0.2) is 10.9 Å². The minimum atomic E-state index is -0.352. The highest BCUT2D eigenvalue weighted by Crippen LogP contribution is 2.27. The number of rotatable bonds is 13. The maximum absolute atomic E-state index is 13.2. The minimum Gasteiger partial charge on any atom is -0.353 e. The van der Waals surface area contributed by atoms with Crippen molar-refractivity contribution in [2.24, 2.45) is 5.92 Å². The molecular weight excluding hydrogens is 517 g/mol. The van der Waals surface area contributed by atoms with Crippen LogP contribution in [-0.4, -0.2) is 59.3 Å². The van der Waals surface area contributed by atoms with Crippen LogP contribution in [0.4, 0.5) is 14.3 Å². The molecule has 0 radical (unpaired) electrons. The van der Waals surface area contributed by atoms with E-state index in [-0.39, 0.29) is 41.5 Å². The molecule has 0 saturated heterocycles. The number of carbonyl (C=O) groups excluding carboxylic acids is 3. The molecule has 214 valence electrons. The van der Waals surface area contributed by atoms with E-state index >= 15 is 0 Å². The average molecular weight is 560 g/mol. The van der Waals surface area contributed by atoms with Gasteiger partial charge in [0.1, 0.15) is 5.82 Å². The number of anilines is 1. The van der Waals surface area contributed by atoms with Gasteiger partial charge in [0.2, 0.25) is 5.91 Å². The number of thiazole rings is 1. The largest absolute Gasteiger partial charge is 0.353 e. The molecule has 1 heterocycles. The van der Waals surface area contributed by atoms with Gasteiger partial charge >= 0.3 is 6.03 Å². The highest BCUT2D eigenvalue weighted by molar-refractivity contribution is 7.17. The quantitative estimate of drug-likeness (QED) is 0.288. The lowest BCUT2D eigenvalue weighted by atomic mass is 9.81. The van der Waals surface area contributed by atoms with Gasteiger partial charge in [0, 0.05) is 32.0 Å². The third kappa shape index (κ3) is 9.69. The van der Waals surface area contributed by atoms with Crippen molar-refractivity contribution in [2.75, 3.05) is 25.0 Å².